The van der Waals surface area contributed by atoms with Crippen LogP contribution in [0, 0.1) is 0 Å². The Morgan fingerprint density at radius 2 is 0.714 bits per heavy atom. The molecule has 1 aliphatic heterocycles. The molecule has 264 valence electrons. The Balaban J connectivity index is 1.23. The van der Waals surface area contributed by atoms with E-state index in [9.17, 15) is 0 Å². The summed E-state index contributed by atoms with van der Waals surface area (Å²) in [5.74, 6) is 2.42. The summed E-state index contributed by atoms with van der Waals surface area (Å²) < 4.78 is 7.55. The molecule has 8 aromatic carbocycles. The van der Waals surface area contributed by atoms with E-state index in [-0.39, 0.29) is 0 Å². The van der Waals surface area contributed by atoms with Crippen molar-refractivity contribution < 1.29 is 4.74 Å². The lowest BCUT2D eigenvalue weighted by Gasteiger charge is -2.42. The van der Waals surface area contributed by atoms with Gasteiger partial charge in [-0.2, -0.15) is 0 Å². The summed E-state index contributed by atoms with van der Waals surface area (Å²) in [4.78, 5) is 15.7. The Labute approximate surface area is 326 Å². The topological polar surface area (TPSA) is 47.9 Å². The molecule has 9 aromatic rings. The first kappa shape index (κ1) is 33.2. The standard InChI is InChI=1S/C52H35N3O/c1-6-19-36(20-7-1)39-33-40(37-21-8-2-9-22-37)35-41(34-39)50-53-49(38-23-10-3-11-24-38)54-51(55-50)46-31-18-30-45-44-29-16-17-32-47(44)52(56-48(45)46,42-25-12-4-13-26-42)43-27-14-5-15-28-43/h1-35H. The van der Waals surface area contributed by atoms with Crippen LogP contribution in [0.15, 0.2) is 212 Å². The number of benzene rings is 8. The molecule has 0 amide bonds. The second-order valence-corrected chi connectivity index (χ2v) is 13.9. The Hall–Kier alpha value is -7.43. The van der Waals surface area contributed by atoms with Gasteiger partial charge in [0.15, 0.2) is 23.1 Å². The molecular formula is C52H35N3O. The highest BCUT2D eigenvalue weighted by Gasteiger charge is 2.45. The number of ether oxygens (including phenoxy) is 1. The summed E-state index contributed by atoms with van der Waals surface area (Å²) in [7, 11) is 0. The van der Waals surface area contributed by atoms with Gasteiger partial charge in [-0.05, 0) is 52.1 Å². The molecule has 2 heterocycles. The lowest BCUT2D eigenvalue weighted by molar-refractivity contribution is 0.153. The third-order valence-electron chi connectivity index (χ3n) is 10.5. The van der Waals surface area contributed by atoms with E-state index in [1.165, 1.54) is 0 Å². The second-order valence-electron chi connectivity index (χ2n) is 13.9. The van der Waals surface area contributed by atoms with E-state index in [0.29, 0.717) is 17.5 Å². The van der Waals surface area contributed by atoms with Gasteiger partial charge in [-0.25, -0.2) is 15.0 Å². The highest BCUT2D eigenvalue weighted by Crippen LogP contribution is 2.54. The number of nitrogens with zero attached hydrogens (tertiary/aromatic N) is 3. The molecule has 4 heteroatoms. The molecule has 10 rings (SSSR count). The van der Waals surface area contributed by atoms with Gasteiger partial charge in [0.05, 0.1) is 5.56 Å². The number of hydrogen-bond donors (Lipinski definition) is 0. The zero-order chi connectivity index (χ0) is 37.3. The Bertz CT molecular complexity index is 2710. The number of para-hydroxylation sites is 1. The first-order valence-electron chi connectivity index (χ1n) is 18.9. The number of rotatable bonds is 7. The summed E-state index contributed by atoms with van der Waals surface area (Å²) in [5.41, 5.74) is 11.3. The molecule has 0 saturated heterocycles. The minimum atomic E-state index is -0.936. The third kappa shape index (κ3) is 5.85. The first-order chi connectivity index (χ1) is 27.7. The van der Waals surface area contributed by atoms with Gasteiger partial charge in [-0.15, -0.1) is 0 Å². The fourth-order valence-corrected chi connectivity index (χ4v) is 7.90. The Morgan fingerprint density at radius 3 is 1.29 bits per heavy atom. The predicted molar refractivity (Wildman–Crippen MR) is 226 cm³/mol. The molecule has 0 N–H and O–H groups in total. The van der Waals surface area contributed by atoms with E-state index in [0.717, 1.165) is 72.5 Å². The molecule has 1 aromatic heterocycles. The van der Waals surface area contributed by atoms with Gasteiger partial charge in [0, 0.05) is 33.4 Å². The quantitative estimate of drug-likeness (QED) is 0.165. The molecule has 0 unspecified atom stereocenters. The summed E-state index contributed by atoms with van der Waals surface area (Å²) in [5, 5.41) is 0. The third-order valence-corrected chi connectivity index (χ3v) is 10.5. The SMILES string of the molecule is c1ccc(-c2cc(-c3ccccc3)cc(-c3nc(-c4ccccc4)nc(-c4cccc5c4OC(c4ccccc4)(c4ccccc4)c4ccccc4-5)n3)c2)cc1. The first-order valence-corrected chi connectivity index (χ1v) is 18.9. The van der Waals surface area contributed by atoms with E-state index in [1.54, 1.807) is 0 Å². The summed E-state index contributed by atoms with van der Waals surface area (Å²) in [6, 6.07) is 73.5. The van der Waals surface area contributed by atoms with Crippen molar-refractivity contribution in [1.82, 2.24) is 15.0 Å². The van der Waals surface area contributed by atoms with Crippen LogP contribution < -0.4 is 4.74 Å². The van der Waals surface area contributed by atoms with Crippen LogP contribution in [-0.2, 0) is 5.60 Å². The molecule has 0 radical (unpaired) electrons. The van der Waals surface area contributed by atoms with Crippen molar-refractivity contribution in [1.29, 1.82) is 0 Å². The smallest absolute Gasteiger partial charge is 0.185 e. The molecule has 0 saturated carbocycles. The lowest BCUT2D eigenvalue weighted by Crippen LogP contribution is -2.38. The number of hydrogen-bond acceptors (Lipinski definition) is 4. The van der Waals surface area contributed by atoms with E-state index < -0.39 is 5.60 Å². The average molecular weight is 718 g/mol. The van der Waals surface area contributed by atoms with Crippen LogP contribution in [0.3, 0.4) is 0 Å². The zero-order valence-electron chi connectivity index (χ0n) is 30.5. The summed E-state index contributed by atoms with van der Waals surface area (Å²) in [6.07, 6.45) is 0. The van der Waals surface area contributed by atoms with Crippen LogP contribution in [0.4, 0.5) is 0 Å². The highest BCUT2D eigenvalue weighted by molar-refractivity contribution is 5.87. The van der Waals surface area contributed by atoms with Gasteiger partial charge in [0.2, 0.25) is 0 Å². The Morgan fingerprint density at radius 1 is 0.304 bits per heavy atom. The van der Waals surface area contributed by atoms with E-state index in [1.807, 2.05) is 54.6 Å². The van der Waals surface area contributed by atoms with Crippen LogP contribution in [0.5, 0.6) is 5.75 Å². The average Bonchev–Trinajstić information content (AvgIpc) is 3.29. The molecule has 0 fully saturated rings. The van der Waals surface area contributed by atoms with Crippen molar-refractivity contribution in [2.45, 2.75) is 5.60 Å². The second kappa shape index (κ2) is 14.1. The number of fused-ring (bicyclic) bond motifs is 3. The van der Waals surface area contributed by atoms with Gasteiger partial charge in [0.25, 0.3) is 0 Å². The molecule has 0 aliphatic carbocycles. The minimum absolute atomic E-state index is 0.534. The normalized spacial score (nSPS) is 12.6. The van der Waals surface area contributed by atoms with Crippen molar-refractivity contribution >= 4 is 0 Å². The zero-order valence-corrected chi connectivity index (χ0v) is 30.5. The maximum Gasteiger partial charge on any atom is 0.185 e. The summed E-state index contributed by atoms with van der Waals surface area (Å²) >= 11 is 0. The molecule has 1 aliphatic rings. The maximum atomic E-state index is 7.55. The van der Waals surface area contributed by atoms with Crippen LogP contribution in [0.1, 0.15) is 16.7 Å². The molecule has 0 bridgehead atoms. The Kier molecular flexibility index (Phi) is 8.34. The highest BCUT2D eigenvalue weighted by atomic mass is 16.5. The maximum absolute atomic E-state index is 7.55. The van der Waals surface area contributed by atoms with E-state index >= 15 is 0 Å². The molecular weight excluding hydrogens is 683 g/mol. The van der Waals surface area contributed by atoms with Crippen molar-refractivity contribution in [3.8, 4) is 73.3 Å². The summed E-state index contributed by atoms with van der Waals surface area (Å²) in [6.45, 7) is 0. The predicted octanol–water partition coefficient (Wildman–Crippen LogP) is 12.6. The molecule has 0 atom stereocenters. The van der Waals surface area contributed by atoms with Gasteiger partial charge in [-0.3, -0.25) is 0 Å². The van der Waals surface area contributed by atoms with Gasteiger partial charge >= 0.3 is 0 Å². The van der Waals surface area contributed by atoms with Crippen LogP contribution in [0.25, 0.3) is 67.5 Å². The van der Waals surface area contributed by atoms with Crippen LogP contribution in [0.2, 0.25) is 0 Å². The van der Waals surface area contributed by atoms with Gasteiger partial charge in [0.1, 0.15) is 5.75 Å². The fourth-order valence-electron chi connectivity index (χ4n) is 7.90. The fraction of sp³-hybridized carbons (Fsp3) is 0.0192. The van der Waals surface area contributed by atoms with Crippen molar-refractivity contribution in [2.24, 2.45) is 0 Å². The number of aromatic nitrogens is 3. The van der Waals surface area contributed by atoms with Crippen LogP contribution in [-0.4, -0.2) is 15.0 Å². The molecule has 0 spiro atoms. The van der Waals surface area contributed by atoms with Crippen molar-refractivity contribution in [3.63, 3.8) is 0 Å². The van der Waals surface area contributed by atoms with E-state index in [2.05, 4.69) is 158 Å². The largest absolute Gasteiger partial charge is 0.472 e. The van der Waals surface area contributed by atoms with Crippen LogP contribution >= 0.6 is 0 Å². The monoisotopic (exact) mass is 717 g/mol. The van der Waals surface area contributed by atoms with E-state index in [4.69, 9.17) is 19.7 Å². The van der Waals surface area contributed by atoms with Crippen molar-refractivity contribution in [3.05, 3.63) is 229 Å². The minimum Gasteiger partial charge on any atom is -0.472 e. The lowest BCUT2D eigenvalue weighted by atomic mass is 9.75. The van der Waals surface area contributed by atoms with Gasteiger partial charge < -0.3 is 4.74 Å². The van der Waals surface area contributed by atoms with Crippen molar-refractivity contribution in [2.75, 3.05) is 0 Å². The molecule has 4 nitrogen and oxygen atoms in total. The van der Waals surface area contributed by atoms with Gasteiger partial charge in [-0.1, -0.05) is 188 Å². The molecule has 56 heavy (non-hydrogen) atoms.